The van der Waals surface area contributed by atoms with Gasteiger partial charge in [0, 0.05) is 31.2 Å². The number of hydrogen-bond donors (Lipinski definition) is 0. The average molecular weight is 311 g/mol. The second kappa shape index (κ2) is 6.77. The summed E-state index contributed by atoms with van der Waals surface area (Å²) in [7, 11) is 3.70. The number of ether oxygens (including phenoxy) is 1. The van der Waals surface area contributed by atoms with Crippen LogP contribution in [-0.2, 0) is 0 Å². The number of likely N-dealkylation sites (N-methyl/N-ethyl adjacent to an activating group) is 1. The topological polar surface area (TPSA) is 32.8 Å². The number of ketones is 1. The van der Waals surface area contributed by atoms with Crippen LogP contribution in [0.4, 0.5) is 0 Å². The number of methoxy groups -OCH3 is 1. The molecule has 1 aliphatic rings. The Morgan fingerprint density at radius 1 is 1.29 bits per heavy atom. The Kier molecular flexibility index (Phi) is 5.25. The number of aryl methyl sites for hydroxylation is 1. The minimum atomic E-state index is 0.0794. The van der Waals surface area contributed by atoms with Gasteiger partial charge in [-0.25, -0.2) is 0 Å². The molecule has 0 aromatic heterocycles. The van der Waals surface area contributed by atoms with Crippen molar-refractivity contribution in [1.29, 1.82) is 0 Å². The summed E-state index contributed by atoms with van der Waals surface area (Å²) in [6, 6.07) is 1.84. The molecule has 5 heteroatoms. The monoisotopic (exact) mass is 310 g/mol. The van der Waals surface area contributed by atoms with Crippen molar-refractivity contribution in [2.24, 2.45) is 0 Å². The third-order valence-corrected chi connectivity index (χ3v) is 4.69. The first-order valence-electron chi connectivity index (χ1n) is 7.21. The maximum absolute atomic E-state index is 12.7. The maximum atomic E-state index is 12.7. The highest BCUT2D eigenvalue weighted by Gasteiger charge is 2.23. The number of hydrogen-bond acceptors (Lipinski definition) is 4. The number of nitrogens with zero attached hydrogens (tertiary/aromatic N) is 2. The van der Waals surface area contributed by atoms with E-state index in [1.165, 1.54) is 0 Å². The van der Waals surface area contributed by atoms with E-state index in [2.05, 4.69) is 16.8 Å². The molecule has 21 heavy (non-hydrogen) atoms. The van der Waals surface area contributed by atoms with E-state index >= 15 is 0 Å². The molecule has 1 fully saturated rings. The Morgan fingerprint density at radius 3 is 2.48 bits per heavy atom. The SMILES string of the molecule is COc1cc(C)c(Cl)c(C)c1C(=O)CN1CCN(C)CC1. The number of piperazine rings is 1. The lowest BCUT2D eigenvalue weighted by Gasteiger charge is -2.32. The summed E-state index contributed by atoms with van der Waals surface area (Å²) >= 11 is 6.29. The highest BCUT2D eigenvalue weighted by molar-refractivity contribution is 6.32. The Balaban J connectivity index is 2.21. The quantitative estimate of drug-likeness (QED) is 0.800. The molecule has 0 saturated carbocycles. The van der Waals surface area contributed by atoms with Gasteiger partial charge >= 0.3 is 0 Å². The standard InChI is InChI=1S/C16H23ClN2O2/c1-11-9-14(21-4)15(12(2)16(11)17)13(20)10-19-7-5-18(3)6-8-19/h9H,5-8,10H2,1-4H3. The van der Waals surface area contributed by atoms with Crippen LogP contribution < -0.4 is 4.74 Å². The zero-order valence-electron chi connectivity index (χ0n) is 13.2. The van der Waals surface area contributed by atoms with E-state index in [1.54, 1.807) is 7.11 Å². The minimum Gasteiger partial charge on any atom is -0.496 e. The molecule has 1 saturated heterocycles. The first-order valence-corrected chi connectivity index (χ1v) is 7.59. The van der Waals surface area contributed by atoms with Crippen LogP contribution in [0, 0.1) is 13.8 Å². The molecule has 4 nitrogen and oxygen atoms in total. The van der Waals surface area contributed by atoms with Crippen LogP contribution in [0.5, 0.6) is 5.75 Å². The van der Waals surface area contributed by atoms with Crippen molar-refractivity contribution in [3.05, 3.63) is 27.8 Å². The smallest absolute Gasteiger partial charge is 0.180 e. The number of benzene rings is 1. The van der Waals surface area contributed by atoms with Crippen LogP contribution in [-0.4, -0.2) is 62.5 Å². The molecule has 0 aliphatic carbocycles. The molecule has 0 unspecified atom stereocenters. The van der Waals surface area contributed by atoms with Crippen LogP contribution in [0.1, 0.15) is 21.5 Å². The molecule has 0 amide bonds. The van der Waals surface area contributed by atoms with Crippen LogP contribution in [0.25, 0.3) is 0 Å². The van der Waals surface area contributed by atoms with E-state index in [0.29, 0.717) is 22.9 Å². The largest absolute Gasteiger partial charge is 0.496 e. The molecule has 0 radical (unpaired) electrons. The van der Waals surface area contributed by atoms with Crippen molar-refractivity contribution in [2.45, 2.75) is 13.8 Å². The molecular weight excluding hydrogens is 288 g/mol. The van der Waals surface area contributed by atoms with Gasteiger partial charge in [-0.3, -0.25) is 9.69 Å². The lowest BCUT2D eigenvalue weighted by atomic mass is 10.00. The summed E-state index contributed by atoms with van der Waals surface area (Å²) in [6.45, 7) is 8.06. The van der Waals surface area contributed by atoms with Crippen molar-refractivity contribution < 1.29 is 9.53 Å². The Hall–Kier alpha value is -1.10. The molecule has 1 heterocycles. The summed E-state index contributed by atoms with van der Waals surface area (Å²) in [5.74, 6) is 0.698. The fourth-order valence-electron chi connectivity index (χ4n) is 2.72. The van der Waals surface area contributed by atoms with E-state index < -0.39 is 0 Å². The molecule has 1 aromatic rings. The van der Waals surface area contributed by atoms with E-state index in [-0.39, 0.29) is 5.78 Å². The van der Waals surface area contributed by atoms with E-state index in [0.717, 1.165) is 37.3 Å². The molecule has 0 atom stereocenters. The number of Topliss-reactive ketones (excluding diaryl/α,β-unsaturated/α-hetero) is 1. The Morgan fingerprint density at radius 2 is 1.90 bits per heavy atom. The first kappa shape index (κ1) is 16.3. The van der Waals surface area contributed by atoms with Crippen LogP contribution in [0.15, 0.2) is 6.07 Å². The number of halogens is 1. The fraction of sp³-hybridized carbons (Fsp3) is 0.562. The zero-order chi connectivity index (χ0) is 15.6. The molecule has 1 aliphatic heterocycles. The van der Waals surface area contributed by atoms with Gasteiger partial charge in [0.2, 0.25) is 0 Å². The highest BCUT2D eigenvalue weighted by Crippen LogP contribution is 2.32. The van der Waals surface area contributed by atoms with Crippen LogP contribution in [0.2, 0.25) is 5.02 Å². The fourth-order valence-corrected chi connectivity index (χ4v) is 2.87. The number of rotatable bonds is 4. The lowest BCUT2D eigenvalue weighted by Crippen LogP contribution is -2.46. The van der Waals surface area contributed by atoms with Gasteiger partial charge in [0.05, 0.1) is 19.2 Å². The van der Waals surface area contributed by atoms with E-state index in [4.69, 9.17) is 16.3 Å². The highest BCUT2D eigenvalue weighted by atomic mass is 35.5. The van der Waals surface area contributed by atoms with Crippen molar-refractivity contribution in [1.82, 2.24) is 9.80 Å². The van der Waals surface area contributed by atoms with E-state index in [1.807, 2.05) is 19.9 Å². The lowest BCUT2D eigenvalue weighted by molar-refractivity contribution is 0.0873. The van der Waals surface area contributed by atoms with Gasteiger partial charge in [0.1, 0.15) is 5.75 Å². The molecule has 0 spiro atoms. The summed E-state index contributed by atoms with van der Waals surface area (Å²) in [5, 5.41) is 0.650. The maximum Gasteiger partial charge on any atom is 0.180 e. The number of carbonyl (C=O) groups is 1. The average Bonchev–Trinajstić information content (AvgIpc) is 2.46. The molecule has 0 N–H and O–H groups in total. The summed E-state index contributed by atoms with van der Waals surface area (Å²) in [4.78, 5) is 17.1. The van der Waals surface area contributed by atoms with Gasteiger partial charge in [-0.05, 0) is 38.1 Å². The molecular formula is C16H23ClN2O2. The molecule has 0 bridgehead atoms. The third kappa shape index (κ3) is 3.57. The Labute approximate surface area is 131 Å². The van der Waals surface area contributed by atoms with Crippen molar-refractivity contribution in [3.8, 4) is 5.75 Å². The predicted molar refractivity (Wildman–Crippen MR) is 85.7 cm³/mol. The molecule has 2 rings (SSSR count). The zero-order valence-corrected chi connectivity index (χ0v) is 14.0. The summed E-state index contributed by atoms with van der Waals surface area (Å²) < 4.78 is 5.38. The minimum absolute atomic E-state index is 0.0794. The van der Waals surface area contributed by atoms with Crippen molar-refractivity contribution in [3.63, 3.8) is 0 Å². The number of carbonyl (C=O) groups excluding carboxylic acids is 1. The molecule has 1 aromatic carbocycles. The first-order chi connectivity index (χ1) is 9.93. The van der Waals surface area contributed by atoms with Gasteiger partial charge in [-0.1, -0.05) is 11.6 Å². The normalized spacial score (nSPS) is 17.0. The van der Waals surface area contributed by atoms with Crippen LogP contribution >= 0.6 is 11.6 Å². The third-order valence-electron chi connectivity index (χ3n) is 4.11. The van der Waals surface area contributed by atoms with Gasteiger partial charge in [-0.15, -0.1) is 0 Å². The van der Waals surface area contributed by atoms with Crippen molar-refractivity contribution >= 4 is 17.4 Å². The Bertz CT molecular complexity index is 538. The molecule has 116 valence electrons. The van der Waals surface area contributed by atoms with Gasteiger partial charge in [0.25, 0.3) is 0 Å². The van der Waals surface area contributed by atoms with Crippen molar-refractivity contribution in [2.75, 3.05) is 46.9 Å². The second-order valence-corrected chi connectivity index (χ2v) is 6.09. The summed E-state index contributed by atoms with van der Waals surface area (Å²) in [5.41, 5.74) is 2.36. The van der Waals surface area contributed by atoms with Gasteiger partial charge < -0.3 is 9.64 Å². The van der Waals surface area contributed by atoms with E-state index in [9.17, 15) is 4.79 Å². The van der Waals surface area contributed by atoms with Gasteiger partial charge in [0.15, 0.2) is 5.78 Å². The summed E-state index contributed by atoms with van der Waals surface area (Å²) in [6.07, 6.45) is 0. The van der Waals surface area contributed by atoms with Crippen LogP contribution in [0.3, 0.4) is 0 Å². The van der Waals surface area contributed by atoms with Gasteiger partial charge in [-0.2, -0.15) is 0 Å². The second-order valence-electron chi connectivity index (χ2n) is 5.71. The predicted octanol–water partition coefficient (Wildman–Crippen LogP) is 2.40.